The van der Waals surface area contributed by atoms with E-state index in [0.717, 1.165) is 29.5 Å². The van der Waals surface area contributed by atoms with Crippen LogP contribution in [0.5, 0.6) is 0 Å². The molecule has 0 unspecified atom stereocenters. The van der Waals surface area contributed by atoms with E-state index in [0.29, 0.717) is 5.88 Å². The lowest BCUT2D eigenvalue weighted by Gasteiger charge is -2.10. The molecule has 82 valence electrons. The molecular weight excluding hydrogens is 214 g/mol. The standard InChI is InChI=1S/C11H14ClNO2/c1-3-8-5-10(13(14)15)6-9(4-2)11(8)7-12/h5-6H,3-4,7H2,1-2H3. The molecule has 0 aliphatic heterocycles. The van der Waals surface area contributed by atoms with Gasteiger partial charge in [0.1, 0.15) is 0 Å². The van der Waals surface area contributed by atoms with Gasteiger partial charge in [0.25, 0.3) is 5.69 Å². The second-order valence-electron chi connectivity index (χ2n) is 3.34. The minimum absolute atomic E-state index is 0.164. The topological polar surface area (TPSA) is 43.1 Å². The Bertz CT molecular complexity index is 352. The van der Waals surface area contributed by atoms with Gasteiger partial charge in [-0.2, -0.15) is 0 Å². The maximum Gasteiger partial charge on any atom is 0.269 e. The van der Waals surface area contributed by atoms with Crippen LogP contribution < -0.4 is 0 Å². The molecule has 0 aliphatic carbocycles. The molecule has 0 atom stereocenters. The SMILES string of the molecule is CCc1cc([N+](=O)[O-])cc(CC)c1CCl. The Morgan fingerprint density at radius 2 is 1.73 bits per heavy atom. The van der Waals surface area contributed by atoms with Gasteiger partial charge in [-0.25, -0.2) is 0 Å². The molecule has 0 amide bonds. The molecular formula is C11H14ClNO2. The van der Waals surface area contributed by atoms with Gasteiger partial charge in [0, 0.05) is 18.0 Å². The van der Waals surface area contributed by atoms with Gasteiger partial charge in [0.15, 0.2) is 0 Å². The first kappa shape index (κ1) is 12.0. The molecule has 0 N–H and O–H groups in total. The van der Waals surface area contributed by atoms with Crippen LogP contribution in [-0.4, -0.2) is 4.92 Å². The van der Waals surface area contributed by atoms with E-state index >= 15 is 0 Å². The number of alkyl halides is 1. The molecule has 0 bridgehead atoms. The van der Waals surface area contributed by atoms with Crippen LogP contribution in [0.2, 0.25) is 0 Å². The van der Waals surface area contributed by atoms with E-state index in [1.807, 2.05) is 13.8 Å². The lowest BCUT2D eigenvalue weighted by atomic mass is 9.98. The Morgan fingerprint density at radius 1 is 1.27 bits per heavy atom. The van der Waals surface area contributed by atoms with E-state index in [2.05, 4.69) is 0 Å². The molecule has 3 nitrogen and oxygen atoms in total. The summed E-state index contributed by atoms with van der Waals surface area (Å²) < 4.78 is 0. The average Bonchev–Trinajstić information content (AvgIpc) is 2.26. The molecule has 0 aliphatic rings. The molecule has 0 fully saturated rings. The second-order valence-corrected chi connectivity index (χ2v) is 3.61. The molecule has 1 aromatic rings. The van der Waals surface area contributed by atoms with E-state index in [1.54, 1.807) is 12.1 Å². The van der Waals surface area contributed by atoms with E-state index in [9.17, 15) is 10.1 Å². The van der Waals surface area contributed by atoms with E-state index in [4.69, 9.17) is 11.6 Å². The van der Waals surface area contributed by atoms with E-state index in [1.165, 1.54) is 0 Å². The predicted octanol–water partition coefficient (Wildman–Crippen LogP) is 3.46. The lowest BCUT2D eigenvalue weighted by Crippen LogP contribution is -2.00. The minimum Gasteiger partial charge on any atom is -0.258 e. The highest BCUT2D eigenvalue weighted by atomic mass is 35.5. The third-order valence-electron chi connectivity index (χ3n) is 2.53. The summed E-state index contributed by atoms with van der Waals surface area (Å²) in [6, 6.07) is 3.24. The van der Waals surface area contributed by atoms with E-state index in [-0.39, 0.29) is 10.6 Å². The number of nitrogens with zero attached hydrogens (tertiary/aromatic N) is 1. The highest BCUT2D eigenvalue weighted by Crippen LogP contribution is 2.25. The van der Waals surface area contributed by atoms with Crippen LogP contribution in [0.3, 0.4) is 0 Å². The molecule has 15 heavy (non-hydrogen) atoms. The number of benzene rings is 1. The fourth-order valence-electron chi connectivity index (χ4n) is 1.69. The molecule has 0 saturated heterocycles. The zero-order chi connectivity index (χ0) is 11.4. The summed E-state index contributed by atoms with van der Waals surface area (Å²) >= 11 is 5.86. The van der Waals surface area contributed by atoms with Crippen LogP contribution in [0.15, 0.2) is 12.1 Å². The lowest BCUT2D eigenvalue weighted by molar-refractivity contribution is -0.385. The summed E-state index contributed by atoms with van der Waals surface area (Å²) in [5.41, 5.74) is 3.18. The third kappa shape index (κ3) is 2.48. The van der Waals surface area contributed by atoms with E-state index < -0.39 is 0 Å². The first-order valence-electron chi connectivity index (χ1n) is 4.99. The fourth-order valence-corrected chi connectivity index (χ4v) is 2.03. The normalized spacial score (nSPS) is 10.3. The number of hydrogen-bond acceptors (Lipinski definition) is 2. The van der Waals surface area contributed by atoms with Gasteiger partial charge in [-0.1, -0.05) is 13.8 Å². The van der Waals surface area contributed by atoms with Crippen LogP contribution in [0.25, 0.3) is 0 Å². The van der Waals surface area contributed by atoms with Crippen molar-refractivity contribution in [3.8, 4) is 0 Å². The van der Waals surface area contributed by atoms with Gasteiger partial charge < -0.3 is 0 Å². The van der Waals surface area contributed by atoms with Gasteiger partial charge in [0.05, 0.1) is 4.92 Å². The van der Waals surface area contributed by atoms with Crippen molar-refractivity contribution in [2.75, 3.05) is 0 Å². The predicted molar refractivity (Wildman–Crippen MR) is 61.4 cm³/mol. The number of non-ortho nitro benzene ring substituents is 1. The van der Waals surface area contributed by atoms with Gasteiger partial charge >= 0.3 is 0 Å². The summed E-state index contributed by atoms with van der Waals surface area (Å²) in [5, 5.41) is 10.7. The quantitative estimate of drug-likeness (QED) is 0.449. The Balaban J connectivity index is 3.35. The number of nitro groups is 1. The maximum atomic E-state index is 10.7. The summed E-state index contributed by atoms with van der Waals surface area (Å²) in [6.07, 6.45) is 1.55. The number of aryl methyl sites for hydroxylation is 2. The zero-order valence-corrected chi connectivity index (χ0v) is 9.67. The molecule has 0 spiro atoms. The van der Waals surface area contributed by atoms with Gasteiger partial charge in [0.2, 0.25) is 0 Å². The zero-order valence-electron chi connectivity index (χ0n) is 8.92. The molecule has 0 saturated carbocycles. The molecule has 1 rings (SSSR count). The molecule has 1 aromatic carbocycles. The van der Waals surface area contributed by atoms with Crippen molar-refractivity contribution in [1.29, 1.82) is 0 Å². The average molecular weight is 228 g/mol. The van der Waals surface area contributed by atoms with Crippen LogP contribution in [0.4, 0.5) is 5.69 Å². The van der Waals surface area contributed by atoms with Crippen LogP contribution in [0.1, 0.15) is 30.5 Å². The molecule has 0 heterocycles. The monoisotopic (exact) mass is 227 g/mol. The largest absolute Gasteiger partial charge is 0.269 e. The maximum absolute atomic E-state index is 10.7. The molecule has 4 heteroatoms. The Hall–Kier alpha value is -1.09. The summed E-state index contributed by atoms with van der Waals surface area (Å²) in [5.74, 6) is 0.421. The Morgan fingerprint density at radius 3 is 2.00 bits per heavy atom. The van der Waals surface area contributed by atoms with Crippen molar-refractivity contribution in [3.05, 3.63) is 38.9 Å². The fraction of sp³-hybridized carbons (Fsp3) is 0.455. The van der Waals surface area contributed by atoms with Crippen molar-refractivity contribution >= 4 is 17.3 Å². The number of halogens is 1. The first-order valence-corrected chi connectivity index (χ1v) is 5.52. The summed E-state index contributed by atoms with van der Waals surface area (Å²) in [6.45, 7) is 3.96. The number of hydrogen-bond donors (Lipinski definition) is 0. The van der Waals surface area contributed by atoms with Crippen molar-refractivity contribution in [2.45, 2.75) is 32.6 Å². The highest BCUT2D eigenvalue weighted by Gasteiger charge is 2.13. The van der Waals surface area contributed by atoms with Crippen LogP contribution in [-0.2, 0) is 18.7 Å². The highest BCUT2D eigenvalue weighted by molar-refractivity contribution is 6.17. The smallest absolute Gasteiger partial charge is 0.258 e. The second kappa shape index (κ2) is 5.12. The van der Waals surface area contributed by atoms with Gasteiger partial charge in [-0.05, 0) is 29.5 Å². The number of nitro benzene ring substituents is 1. The van der Waals surface area contributed by atoms with Crippen molar-refractivity contribution in [2.24, 2.45) is 0 Å². The van der Waals surface area contributed by atoms with Crippen molar-refractivity contribution in [3.63, 3.8) is 0 Å². The summed E-state index contributed by atoms with van der Waals surface area (Å²) in [4.78, 5) is 10.4. The number of rotatable bonds is 4. The van der Waals surface area contributed by atoms with Crippen molar-refractivity contribution < 1.29 is 4.92 Å². The van der Waals surface area contributed by atoms with Gasteiger partial charge in [-0.15, -0.1) is 11.6 Å². The molecule has 0 aromatic heterocycles. The third-order valence-corrected chi connectivity index (χ3v) is 2.79. The van der Waals surface area contributed by atoms with Crippen LogP contribution in [0, 0.1) is 10.1 Å². The Kier molecular flexibility index (Phi) is 4.09. The van der Waals surface area contributed by atoms with Crippen molar-refractivity contribution in [1.82, 2.24) is 0 Å². The van der Waals surface area contributed by atoms with Gasteiger partial charge in [-0.3, -0.25) is 10.1 Å². The first-order chi connectivity index (χ1) is 7.13. The molecule has 0 radical (unpaired) electrons. The van der Waals surface area contributed by atoms with Crippen LogP contribution >= 0.6 is 11.6 Å². The Labute approximate surface area is 94.2 Å². The summed E-state index contributed by atoms with van der Waals surface area (Å²) in [7, 11) is 0. The minimum atomic E-state index is -0.351.